The van der Waals surface area contributed by atoms with Crippen LogP contribution in [0.2, 0.25) is 0 Å². The Bertz CT molecular complexity index is 2660. The molecule has 63 heavy (non-hydrogen) atoms. The van der Waals surface area contributed by atoms with Gasteiger partial charge < -0.3 is 58.6 Å². The number of carbonyl (C=O) groups is 2. The standard InChI is InChI=1S/C12H10BN2O2.C11H11N2O.C11H10NO2.C11H8NO2.4Y/c13-12(16)14-5-7-4-9(7)8-2-1-3-10-11(8)17-6-15-10;12-5-7-4-9(7)8-2-1-3-10-11(8)14-6-13-10;2*13-5-7-4-9(7)8-2-1-3-10-11(8)14-6-12-10;;;;/h1-3,7,9H,4-5H2,(H,14,16);1-3,7,9H,4-5,12H2;1-3,7,9,13H,4-5H2;1-3,5,7,9H,4H2;;;;/q4*-1;;;;/t4*7-,9+;;;;/m0000..../s1. The first-order chi connectivity index (χ1) is 28.9. The van der Waals surface area contributed by atoms with Crippen molar-refractivity contribution < 1.29 is 163 Å². The van der Waals surface area contributed by atoms with Crippen LogP contribution in [0.1, 0.15) is 71.6 Å². The van der Waals surface area contributed by atoms with Crippen molar-refractivity contribution in [2.75, 3.05) is 19.7 Å². The molecule has 0 unspecified atom stereocenters. The summed E-state index contributed by atoms with van der Waals surface area (Å²) in [6, 6.07) is 23.7. The van der Waals surface area contributed by atoms with E-state index in [4.69, 9.17) is 36.4 Å². The molecule has 4 aliphatic rings. The van der Waals surface area contributed by atoms with Gasteiger partial charge in [0.25, 0.3) is 0 Å². The third-order valence-corrected chi connectivity index (χ3v) is 11.8. The number of aromatic nitrogens is 4. The molecule has 4 fully saturated rings. The zero-order valence-electron chi connectivity index (χ0n) is 34.2. The molecule has 1 amide bonds. The van der Waals surface area contributed by atoms with Crippen LogP contribution in [0, 0.1) is 49.2 Å². The number of para-hydroxylation sites is 4. The van der Waals surface area contributed by atoms with Gasteiger partial charge in [-0.2, -0.15) is 0 Å². The summed E-state index contributed by atoms with van der Waals surface area (Å²) < 4.78 is 21.0. The van der Waals surface area contributed by atoms with Gasteiger partial charge in [0, 0.05) is 150 Å². The van der Waals surface area contributed by atoms with Crippen molar-refractivity contribution in [1.29, 1.82) is 0 Å². The summed E-state index contributed by atoms with van der Waals surface area (Å²) >= 11 is 0. The molecule has 310 valence electrons. The minimum absolute atomic E-state index is 0. The first-order valence-electron chi connectivity index (χ1n) is 19.8. The largest absolute Gasteiger partial charge is 0.573 e. The number of carbonyl (C=O) groups excluding carboxylic acids is 2. The number of benzene rings is 4. The fraction of sp³-hybridized carbons (Fsp3) is 0.333. The van der Waals surface area contributed by atoms with Gasteiger partial charge in [0.1, 0.15) is 31.9 Å². The molecule has 4 aromatic heterocycles. The molecule has 4 aliphatic carbocycles. The summed E-state index contributed by atoms with van der Waals surface area (Å²) in [5.74, 6) is 2.96. The van der Waals surface area contributed by atoms with Crippen molar-refractivity contribution in [3.63, 3.8) is 0 Å². The van der Waals surface area contributed by atoms with E-state index in [-0.39, 0.29) is 143 Å². The molecule has 4 saturated carbocycles. The Morgan fingerprint density at radius 3 is 1.32 bits per heavy atom. The van der Waals surface area contributed by atoms with Crippen LogP contribution in [-0.2, 0) is 136 Å². The molecule has 8 atom stereocenters. The van der Waals surface area contributed by atoms with Gasteiger partial charge in [-0.3, -0.25) is 4.79 Å². The van der Waals surface area contributed by atoms with E-state index >= 15 is 0 Å². The number of nitrogens with one attached hydrogen (secondary N) is 1. The Kier molecular flexibility index (Phi) is 19.8. The predicted molar refractivity (Wildman–Crippen MR) is 216 cm³/mol. The first kappa shape index (κ1) is 52.3. The Labute approximate surface area is 465 Å². The number of hydrogen-bond donors (Lipinski definition) is 3. The normalized spacial score (nSPS) is 23.0. The number of aldehydes is 1. The molecule has 12 rings (SSSR count). The Morgan fingerprint density at radius 2 is 0.984 bits per heavy atom. The van der Waals surface area contributed by atoms with Crippen LogP contribution in [0.5, 0.6) is 0 Å². The quantitative estimate of drug-likeness (QED) is 0.0766. The maximum atomic E-state index is 10.6. The van der Waals surface area contributed by atoms with Gasteiger partial charge in [0.05, 0.1) is 0 Å². The number of nitrogens with two attached hydrogens (primary N) is 1. The van der Waals surface area contributed by atoms with Crippen LogP contribution >= 0.6 is 0 Å². The Morgan fingerprint density at radius 1 is 0.619 bits per heavy atom. The number of amides is 1. The molecule has 0 bridgehead atoms. The van der Waals surface area contributed by atoms with E-state index in [1.807, 2.05) is 66.7 Å². The van der Waals surface area contributed by atoms with E-state index in [2.05, 4.69) is 56.9 Å². The van der Waals surface area contributed by atoms with Crippen LogP contribution in [-0.4, -0.2) is 64.7 Å². The smallest absolute Gasteiger partial charge is 0.200 e. The zero-order valence-corrected chi connectivity index (χ0v) is 45.6. The molecule has 0 aliphatic heterocycles. The van der Waals surface area contributed by atoms with Crippen LogP contribution in [0.25, 0.3) is 44.4 Å². The van der Waals surface area contributed by atoms with Gasteiger partial charge in [-0.15, -0.1) is 24.3 Å². The molecule has 6 radical (unpaired) electrons. The number of hydrogen-bond acceptors (Lipinski definition) is 12. The summed E-state index contributed by atoms with van der Waals surface area (Å²) in [6.45, 7) is 1.64. The predicted octanol–water partition coefficient (Wildman–Crippen LogP) is 6.94. The van der Waals surface area contributed by atoms with Gasteiger partial charge >= 0.3 is 0 Å². The summed E-state index contributed by atoms with van der Waals surface area (Å²) in [5.41, 5.74) is 17.0. The number of rotatable bonds is 9. The fourth-order valence-corrected chi connectivity index (χ4v) is 8.13. The second kappa shape index (κ2) is 23.8. The van der Waals surface area contributed by atoms with Crippen molar-refractivity contribution in [2.24, 2.45) is 29.4 Å². The van der Waals surface area contributed by atoms with Gasteiger partial charge in [0.2, 0.25) is 0 Å². The van der Waals surface area contributed by atoms with Crippen molar-refractivity contribution in [2.45, 2.75) is 49.4 Å². The second-order valence-electron chi connectivity index (χ2n) is 15.6. The first-order valence-corrected chi connectivity index (χ1v) is 19.8. The fourth-order valence-electron chi connectivity index (χ4n) is 8.13. The summed E-state index contributed by atoms with van der Waals surface area (Å²) in [4.78, 5) is 37.2. The number of aliphatic hydroxyl groups excluding tert-OH is 1. The van der Waals surface area contributed by atoms with Crippen LogP contribution < -0.4 is 11.1 Å². The van der Waals surface area contributed by atoms with Gasteiger partial charge in [-0.1, -0.05) is 70.8 Å². The van der Waals surface area contributed by atoms with E-state index in [0.717, 1.165) is 93.2 Å². The summed E-state index contributed by atoms with van der Waals surface area (Å²) in [5, 5.41) is 11.6. The maximum Gasteiger partial charge on any atom is 0.200 e. The van der Waals surface area contributed by atoms with Gasteiger partial charge in [0.15, 0.2) is 13.7 Å². The third-order valence-electron chi connectivity index (χ3n) is 11.8. The Balaban J connectivity index is 0.000000156. The van der Waals surface area contributed by atoms with Crippen LogP contribution in [0.4, 0.5) is 4.79 Å². The zero-order chi connectivity index (χ0) is 40.5. The SMILES string of the molecule is NC[C@@H]1C[C@H]1c1cccc2n[c-]oc12.O=C[C@@H]1C[C@H]1c1cccc2n[c-]oc12.OC[C@@H]1C[C@H]1c1cccc2n[c-]oc12.[B]C(=O)NC[C@@H]1C[C@H]1c1cccc2n[c-]oc12.[Y].[Y].[Y].[Y]. The molecule has 4 N–H and O–H groups in total. The molecule has 8 aromatic rings. The molecule has 4 heterocycles. The molecule has 18 heteroatoms. The monoisotopic (exact) mass is 1140 g/mol. The molecule has 13 nitrogen and oxygen atoms in total. The minimum atomic E-state index is -0.471. The number of fused-ring (bicyclic) bond motifs is 4. The van der Waals surface area contributed by atoms with E-state index in [0.29, 0.717) is 48.0 Å². The minimum Gasteiger partial charge on any atom is -0.573 e. The maximum absolute atomic E-state index is 10.6. The van der Waals surface area contributed by atoms with Crippen molar-refractivity contribution >= 4 is 64.3 Å². The average Bonchev–Trinajstić information content (AvgIpc) is 4.24. The average molecular weight is 1140 g/mol. The second-order valence-corrected chi connectivity index (χ2v) is 15.6. The van der Waals surface area contributed by atoms with Crippen LogP contribution in [0.3, 0.4) is 0 Å². The van der Waals surface area contributed by atoms with E-state index in [1.54, 1.807) is 0 Å². The third kappa shape index (κ3) is 12.3. The van der Waals surface area contributed by atoms with E-state index < -0.39 is 5.81 Å². The van der Waals surface area contributed by atoms with Crippen molar-refractivity contribution in [1.82, 2.24) is 25.3 Å². The van der Waals surface area contributed by atoms with Crippen molar-refractivity contribution in [3.8, 4) is 0 Å². The van der Waals surface area contributed by atoms with E-state index in [1.165, 1.54) is 12.0 Å². The molecule has 4 aromatic carbocycles. The summed E-state index contributed by atoms with van der Waals surface area (Å²) in [6.07, 6.45) is 15.3. The summed E-state index contributed by atoms with van der Waals surface area (Å²) in [7, 11) is 5.04. The van der Waals surface area contributed by atoms with Gasteiger partial charge in [-0.05, 0) is 118 Å². The number of nitrogens with zero attached hydrogens (tertiary/aromatic N) is 4. The van der Waals surface area contributed by atoms with Crippen molar-refractivity contribution in [3.05, 3.63) is 121 Å². The van der Waals surface area contributed by atoms with E-state index in [9.17, 15) is 9.59 Å². The molecular weight excluding hydrogens is 1100 g/mol. The topological polar surface area (TPSA) is 197 Å². The van der Waals surface area contributed by atoms with Crippen LogP contribution in [0.15, 0.2) is 90.5 Å². The number of oxazole rings is 4. The molecular formula is C45H39BN6O7Y4-4. The Hall–Kier alpha value is -1.70. The molecule has 0 spiro atoms. The molecule has 0 saturated heterocycles. The van der Waals surface area contributed by atoms with Gasteiger partial charge in [-0.25, -0.2) is 0 Å². The number of aliphatic hydroxyl groups is 1.